The van der Waals surface area contributed by atoms with Gasteiger partial charge in [0.2, 0.25) is 0 Å². The molecule has 10 heteroatoms. The lowest BCUT2D eigenvalue weighted by Crippen LogP contribution is -2.26. The fourth-order valence-corrected chi connectivity index (χ4v) is 3.90. The van der Waals surface area contributed by atoms with Crippen LogP contribution in [0, 0.1) is 6.92 Å². The van der Waals surface area contributed by atoms with Gasteiger partial charge in [-0.1, -0.05) is 23.7 Å². The summed E-state index contributed by atoms with van der Waals surface area (Å²) < 4.78 is 17.6. The van der Waals surface area contributed by atoms with Gasteiger partial charge in [-0.2, -0.15) is 0 Å². The average Bonchev–Trinajstić information content (AvgIpc) is 2.92. The zero-order valence-corrected chi connectivity index (χ0v) is 22.0. The molecule has 0 aliphatic heterocycles. The maximum Gasteiger partial charge on any atom is 0.260 e. The summed E-state index contributed by atoms with van der Waals surface area (Å²) in [5.41, 5.74) is 2.80. The molecule has 0 aliphatic rings. The number of methoxy groups -OCH3 is 1. The maximum absolute atomic E-state index is 13.3. The monoisotopic (exact) mass is 536 g/mol. The minimum absolute atomic E-state index is 0.225. The lowest BCUT2D eigenvalue weighted by atomic mass is 10.1. The largest absolute Gasteiger partial charge is 0.491 e. The van der Waals surface area contributed by atoms with E-state index in [2.05, 4.69) is 15.3 Å². The predicted molar refractivity (Wildman–Crippen MR) is 145 cm³/mol. The highest BCUT2D eigenvalue weighted by molar-refractivity contribution is 6.30. The van der Waals surface area contributed by atoms with Gasteiger partial charge in [0, 0.05) is 19.5 Å². The Balaban J connectivity index is 1.43. The first-order valence-corrected chi connectivity index (χ1v) is 12.5. The van der Waals surface area contributed by atoms with Crippen molar-refractivity contribution in [2.75, 3.05) is 33.5 Å². The zero-order chi connectivity index (χ0) is 26.9. The van der Waals surface area contributed by atoms with Gasteiger partial charge in [0.1, 0.15) is 12.4 Å². The second kappa shape index (κ2) is 13.1. The SMILES string of the molecule is COCCOCCOc1ccc(Cn2ccc3nc(C)c(C(=O)NCc4ccc(Cl)cn4)cc3c2=O)cc1. The van der Waals surface area contributed by atoms with Crippen LogP contribution in [0.5, 0.6) is 5.75 Å². The summed E-state index contributed by atoms with van der Waals surface area (Å²) >= 11 is 5.87. The molecule has 3 aromatic heterocycles. The van der Waals surface area contributed by atoms with Crippen LogP contribution in [-0.2, 0) is 22.6 Å². The summed E-state index contributed by atoms with van der Waals surface area (Å²) in [6.45, 7) is 4.33. The molecular weight excluding hydrogens is 508 g/mol. The van der Waals surface area contributed by atoms with Crippen molar-refractivity contribution < 1.29 is 19.0 Å². The van der Waals surface area contributed by atoms with Gasteiger partial charge in [0.05, 0.1) is 65.8 Å². The summed E-state index contributed by atoms with van der Waals surface area (Å²) in [5.74, 6) is 0.391. The predicted octanol–water partition coefficient (Wildman–Crippen LogP) is 3.77. The molecule has 38 heavy (non-hydrogen) atoms. The van der Waals surface area contributed by atoms with Crippen molar-refractivity contribution in [1.29, 1.82) is 0 Å². The Morgan fingerprint density at radius 1 is 1.05 bits per heavy atom. The third-order valence-corrected chi connectivity index (χ3v) is 6.04. The fourth-order valence-electron chi connectivity index (χ4n) is 3.79. The number of hydrogen-bond donors (Lipinski definition) is 1. The average molecular weight is 537 g/mol. The summed E-state index contributed by atoms with van der Waals surface area (Å²) in [6, 6.07) is 14.4. The standard InChI is InChI=1S/C28H29ClN4O5/c1-19-24(27(34)31-17-22-6-5-21(29)16-30-22)15-25-26(32-19)9-10-33(28(25)35)18-20-3-7-23(8-4-20)38-14-13-37-12-11-36-2/h3-10,15-16H,11-14,17-18H2,1-2H3,(H,31,34). The normalized spacial score (nSPS) is 11.0. The quantitative estimate of drug-likeness (QED) is 0.275. The molecule has 1 amide bonds. The third kappa shape index (κ3) is 7.16. The molecule has 9 nitrogen and oxygen atoms in total. The molecule has 0 saturated heterocycles. The van der Waals surface area contributed by atoms with Crippen molar-refractivity contribution in [3.05, 3.63) is 98.8 Å². The van der Waals surface area contributed by atoms with Crippen molar-refractivity contribution in [2.24, 2.45) is 0 Å². The van der Waals surface area contributed by atoms with E-state index in [1.54, 1.807) is 49.1 Å². The number of pyridine rings is 3. The van der Waals surface area contributed by atoms with E-state index in [4.69, 9.17) is 25.8 Å². The third-order valence-electron chi connectivity index (χ3n) is 5.81. The zero-order valence-electron chi connectivity index (χ0n) is 21.3. The Hall–Kier alpha value is -3.79. The maximum atomic E-state index is 13.3. The van der Waals surface area contributed by atoms with Crippen molar-refractivity contribution in [2.45, 2.75) is 20.0 Å². The molecule has 4 rings (SSSR count). The molecule has 0 unspecified atom stereocenters. The van der Waals surface area contributed by atoms with E-state index in [1.807, 2.05) is 24.3 Å². The number of aromatic nitrogens is 3. The molecule has 0 aliphatic carbocycles. The molecule has 198 valence electrons. The number of hydrogen-bond acceptors (Lipinski definition) is 7. The van der Waals surface area contributed by atoms with Crippen LogP contribution in [0.15, 0.2) is 65.7 Å². The molecule has 1 N–H and O–H groups in total. The number of halogens is 1. The van der Waals surface area contributed by atoms with Crippen LogP contribution < -0.4 is 15.6 Å². The minimum Gasteiger partial charge on any atom is -0.491 e. The van der Waals surface area contributed by atoms with E-state index in [1.165, 1.54) is 6.20 Å². The van der Waals surface area contributed by atoms with Gasteiger partial charge in [-0.25, -0.2) is 0 Å². The summed E-state index contributed by atoms with van der Waals surface area (Å²) in [5, 5.41) is 3.73. The molecule has 4 aromatic rings. The number of benzene rings is 1. The van der Waals surface area contributed by atoms with Crippen LogP contribution in [0.1, 0.15) is 27.3 Å². The first-order valence-electron chi connectivity index (χ1n) is 12.1. The van der Waals surface area contributed by atoms with Crippen LogP contribution >= 0.6 is 11.6 Å². The first-order chi connectivity index (χ1) is 18.4. The molecule has 0 spiro atoms. The van der Waals surface area contributed by atoms with Crippen molar-refractivity contribution in [1.82, 2.24) is 19.9 Å². The number of aryl methyl sites for hydroxylation is 1. The number of amides is 1. The van der Waals surface area contributed by atoms with Crippen LogP contribution in [0.4, 0.5) is 0 Å². The Labute approximate surface area is 225 Å². The molecule has 0 radical (unpaired) electrons. The lowest BCUT2D eigenvalue weighted by Gasteiger charge is -2.11. The molecule has 1 aromatic carbocycles. The smallest absolute Gasteiger partial charge is 0.260 e. The lowest BCUT2D eigenvalue weighted by molar-refractivity contribution is 0.0544. The topological polar surface area (TPSA) is 105 Å². The van der Waals surface area contributed by atoms with Gasteiger partial charge in [-0.05, 0) is 48.9 Å². The fraction of sp³-hybridized carbons (Fsp3) is 0.286. The molecule has 0 saturated carbocycles. The number of nitrogens with one attached hydrogen (secondary N) is 1. The van der Waals surface area contributed by atoms with Crippen LogP contribution in [-0.4, -0.2) is 54.0 Å². The number of carbonyl (C=O) groups excluding carboxylic acids is 1. The highest BCUT2D eigenvalue weighted by Crippen LogP contribution is 2.16. The highest BCUT2D eigenvalue weighted by atomic mass is 35.5. The minimum atomic E-state index is -0.330. The summed E-state index contributed by atoms with van der Waals surface area (Å²) in [7, 11) is 1.63. The first kappa shape index (κ1) is 27.3. The van der Waals surface area contributed by atoms with Gasteiger partial charge >= 0.3 is 0 Å². The van der Waals surface area contributed by atoms with E-state index in [0.29, 0.717) is 65.8 Å². The molecular formula is C28H29ClN4O5. The van der Waals surface area contributed by atoms with Crippen molar-refractivity contribution >= 4 is 28.4 Å². The van der Waals surface area contributed by atoms with Crippen molar-refractivity contribution in [3.63, 3.8) is 0 Å². The number of ether oxygens (including phenoxy) is 3. The van der Waals surface area contributed by atoms with Crippen LogP contribution in [0.25, 0.3) is 10.9 Å². The van der Waals surface area contributed by atoms with Crippen molar-refractivity contribution in [3.8, 4) is 5.75 Å². The van der Waals surface area contributed by atoms with Gasteiger partial charge < -0.3 is 24.1 Å². The van der Waals surface area contributed by atoms with Gasteiger partial charge in [0.25, 0.3) is 11.5 Å². The van der Waals surface area contributed by atoms with Gasteiger partial charge in [-0.15, -0.1) is 0 Å². The van der Waals surface area contributed by atoms with E-state index >= 15 is 0 Å². The highest BCUT2D eigenvalue weighted by Gasteiger charge is 2.14. The Morgan fingerprint density at radius 2 is 1.84 bits per heavy atom. The number of nitrogens with zero attached hydrogens (tertiary/aromatic N) is 3. The van der Waals surface area contributed by atoms with E-state index in [-0.39, 0.29) is 18.0 Å². The second-order valence-electron chi connectivity index (χ2n) is 8.55. The molecule has 3 heterocycles. The number of rotatable bonds is 12. The van der Waals surface area contributed by atoms with E-state index in [0.717, 1.165) is 11.3 Å². The van der Waals surface area contributed by atoms with Gasteiger partial charge in [-0.3, -0.25) is 19.6 Å². The summed E-state index contributed by atoms with van der Waals surface area (Å²) in [4.78, 5) is 34.8. The molecule has 0 bridgehead atoms. The van der Waals surface area contributed by atoms with E-state index < -0.39 is 0 Å². The number of carbonyl (C=O) groups is 1. The Kier molecular flexibility index (Phi) is 9.42. The molecule has 0 fully saturated rings. The Morgan fingerprint density at radius 3 is 2.58 bits per heavy atom. The summed E-state index contributed by atoms with van der Waals surface area (Å²) in [6.07, 6.45) is 3.24. The number of fused-ring (bicyclic) bond motifs is 1. The van der Waals surface area contributed by atoms with Crippen LogP contribution in [0.2, 0.25) is 5.02 Å². The second-order valence-corrected chi connectivity index (χ2v) is 8.99. The van der Waals surface area contributed by atoms with Crippen LogP contribution in [0.3, 0.4) is 0 Å². The van der Waals surface area contributed by atoms with E-state index in [9.17, 15) is 9.59 Å². The Bertz CT molecular complexity index is 1440. The molecule has 0 atom stereocenters. The van der Waals surface area contributed by atoms with Gasteiger partial charge in [0.15, 0.2) is 0 Å².